The molecule has 0 saturated heterocycles. The van der Waals surface area contributed by atoms with Crippen LogP contribution in [0.25, 0.3) is 11.0 Å². The number of nitrogens with zero attached hydrogens (tertiary/aromatic N) is 1. The zero-order valence-corrected chi connectivity index (χ0v) is 13.1. The second kappa shape index (κ2) is 7.75. The summed E-state index contributed by atoms with van der Waals surface area (Å²) in [5.74, 6) is -1.30. The van der Waals surface area contributed by atoms with Crippen LogP contribution >= 0.6 is 0 Å². The zero-order valence-electron chi connectivity index (χ0n) is 13.1. The Balaban J connectivity index is 2.38. The molecule has 1 aromatic heterocycles. The molecule has 0 aliphatic carbocycles. The summed E-state index contributed by atoms with van der Waals surface area (Å²) >= 11 is 0. The number of carbonyl (C=O) groups is 1. The van der Waals surface area contributed by atoms with Crippen LogP contribution in [0.5, 0.6) is 0 Å². The second-order valence-corrected chi connectivity index (χ2v) is 4.95. The van der Waals surface area contributed by atoms with Crippen molar-refractivity contribution in [2.75, 3.05) is 45.4 Å². The van der Waals surface area contributed by atoms with Crippen molar-refractivity contribution in [1.29, 1.82) is 0 Å². The fraction of sp³-hybridized carbons (Fsp3) is 0.375. The molecule has 124 valence electrons. The number of aromatic carboxylic acids is 1. The lowest BCUT2D eigenvalue weighted by atomic mass is 10.1. The molecule has 0 aliphatic heterocycles. The van der Waals surface area contributed by atoms with Gasteiger partial charge in [0.1, 0.15) is 11.1 Å². The maximum absolute atomic E-state index is 11.7. The average Bonchev–Trinajstić information content (AvgIpc) is 2.53. The number of methoxy groups -OCH3 is 2. The molecule has 7 heteroatoms. The number of anilines is 1. The second-order valence-electron chi connectivity index (χ2n) is 4.95. The van der Waals surface area contributed by atoms with E-state index in [0.717, 1.165) is 5.69 Å². The summed E-state index contributed by atoms with van der Waals surface area (Å²) in [6, 6.07) is 6.61. The van der Waals surface area contributed by atoms with Gasteiger partial charge in [-0.05, 0) is 18.2 Å². The van der Waals surface area contributed by atoms with E-state index in [9.17, 15) is 9.59 Å². The van der Waals surface area contributed by atoms with E-state index in [1.807, 2.05) is 11.0 Å². The molecule has 7 nitrogen and oxygen atoms in total. The van der Waals surface area contributed by atoms with Crippen molar-refractivity contribution in [2.45, 2.75) is 0 Å². The van der Waals surface area contributed by atoms with Crippen LogP contribution in [0.1, 0.15) is 10.4 Å². The van der Waals surface area contributed by atoms with Gasteiger partial charge in [-0.1, -0.05) is 0 Å². The van der Waals surface area contributed by atoms with Crippen LogP contribution in [0.15, 0.2) is 33.5 Å². The van der Waals surface area contributed by atoms with Crippen LogP contribution in [-0.4, -0.2) is 51.6 Å². The number of carboxylic acids is 1. The smallest absolute Gasteiger partial charge is 0.351 e. The maximum atomic E-state index is 11.7. The summed E-state index contributed by atoms with van der Waals surface area (Å²) in [5, 5.41) is 9.53. The largest absolute Gasteiger partial charge is 0.477 e. The van der Waals surface area contributed by atoms with Gasteiger partial charge in [0.15, 0.2) is 0 Å². The first-order chi connectivity index (χ1) is 11.1. The monoisotopic (exact) mass is 321 g/mol. The minimum absolute atomic E-state index is 0.345. The van der Waals surface area contributed by atoms with Crippen molar-refractivity contribution in [1.82, 2.24) is 0 Å². The van der Waals surface area contributed by atoms with E-state index in [-0.39, 0.29) is 5.56 Å². The lowest BCUT2D eigenvalue weighted by Gasteiger charge is -2.24. The number of hydrogen-bond donors (Lipinski definition) is 1. The normalized spacial score (nSPS) is 10.9. The van der Waals surface area contributed by atoms with Gasteiger partial charge in [-0.25, -0.2) is 9.59 Å². The number of benzene rings is 1. The van der Waals surface area contributed by atoms with E-state index in [2.05, 4.69) is 0 Å². The Hall–Kier alpha value is -2.38. The predicted octanol–water partition coefficient (Wildman–Crippen LogP) is 1.59. The van der Waals surface area contributed by atoms with E-state index >= 15 is 0 Å². The molecule has 0 aliphatic rings. The van der Waals surface area contributed by atoms with Crippen molar-refractivity contribution in [3.63, 3.8) is 0 Å². The first-order valence-electron chi connectivity index (χ1n) is 7.11. The Kier molecular flexibility index (Phi) is 5.72. The minimum atomic E-state index is -1.30. The van der Waals surface area contributed by atoms with Crippen molar-refractivity contribution < 1.29 is 23.8 Å². The topological polar surface area (TPSA) is 89.2 Å². The van der Waals surface area contributed by atoms with E-state index < -0.39 is 11.6 Å². The third kappa shape index (κ3) is 4.08. The van der Waals surface area contributed by atoms with E-state index in [1.165, 1.54) is 6.07 Å². The highest BCUT2D eigenvalue weighted by atomic mass is 16.5. The summed E-state index contributed by atoms with van der Waals surface area (Å²) < 4.78 is 15.3. The summed E-state index contributed by atoms with van der Waals surface area (Å²) in [6.07, 6.45) is 0. The van der Waals surface area contributed by atoms with Crippen molar-refractivity contribution in [3.8, 4) is 0 Å². The Morgan fingerprint density at radius 3 is 2.39 bits per heavy atom. The van der Waals surface area contributed by atoms with Crippen LogP contribution in [-0.2, 0) is 9.47 Å². The molecule has 0 amide bonds. The number of carboxylic acid groups (broad SMARTS) is 1. The van der Waals surface area contributed by atoms with Gasteiger partial charge in [0.05, 0.1) is 13.2 Å². The zero-order chi connectivity index (χ0) is 16.8. The van der Waals surface area contributed by atoms with Gasteiger partial charge in [-0.3, -0.25) is 0 Å². The first-order valence-corrected chi connectivity index (χ1v) is 7.11. The molecule has 0 saturated carbocycles. The minimum Gasteiger partial charge on any atom is -0.477 e. The fourth-order valence-electron chi connectivity index (χ4n) is 2.22. The summed E-state index contributed by atoms with van der Waals surface area (Å²) in [4.78, 5) is 24.7. The van der Waals surface area contributed by atoms with Gasteiger partial charge < -0.3 is 23.9 Å². The first kappa shape index (κ1) is 17.0. The maximum Gasteiger partial charge on any atom is 0.351 e. The standard InChI is InChI=1S/C16H19NO6/c1-21-7-5-17(6-8-22-2)12-4-3-11-9-13(15(18)19)16(20)23-14(11)10-12/h3-4,9-10H,5-8H2,1-2H3,(H,18,19). The molecule has 0 atom stereocenters. The third-order valence-electron chi connectivity index (χ3n) is 3.45. The van der Waals surface area contributed by atoms with E-state index in [4.69, 9.17) is 19.0 Å². The number of hydrogen-bond acceptors (Lipinski definition) is 6. The molecule has 1 aromatic carbocycles. The molecule has 1 N–H and O–H groups in total. The van der Waals surface area contributed by atoms with Crippen LogP contribution in [0.3, 0.4) is 0 Å². The molecule has 0 radical (unpaired) electrons. The molecule has 2 rings (SSSR count). The van der Waals surface area contributed by atoms with Gasteiger partial charge in [0.2, 0.25) is 0 Å². The molecule has 0 fully saturated rings. The van der Waals surface area contributed by atoms with Crippen LogP contribution < -0.4 is 10.5 Å². The number of ether oxygens (including phenoxy) is 2. The quantitative estimate of drug-likeness (QED) is 0.738. The van der Waals surface area contributed by atoms with Gasteiger partial charge in [-0.15, -0.1) is 0 Å². The Bertz CT molecular complexity index is 731. The van der Waals surface area contributed by atoms with Gasteiger partial charge in [-0.2, -0.15) is 0 Å². The van der Waals surface area contributed by atoms with Gasteiger partial charge in [0.25, 0.3) is 0 Å². The summed E-state index contributed by atoms with van der Waals surface area (Å²) in [7, 11) is 3.25. The van der Waals surface area contributed by atoms with Crippen LogP contribution in [0.2, 0.25) is 0 Å². The highest BCUT2D eigenvalue weighted by molar-refractivity contribution is 5.92. The molecule has 0 spiro atoms. The molecular formula is C16H19NO6. The average molecular weight is 321 g/mol. The van der Waals surface area contributed by atoms with Crippen LogP contribution in [0.4, 0.5) is 5.69 Å². The molecule has 23 heavy (non-hydrogen) atoms. The lowest BCUT2D eigenvalue weighted by Crippen LogP contribution is -2.30. The third-order valence-corrected chi connectivity index (χ3v) is 3.45. The molecule has 2 aromatic rings. The Morgan fingerprint density at radius 2 is 1.83 bits per heavy atom. The molecular weight excluding hydrogens is 302 g/mol. The Morgan fingerprint density at radius 1 is 1.17 bits per heavy atom. The van der Waals surface area contributed by atoms with Crippen molar-refractivity contribution in [3.05, 3.63) is 40.2 Å². The molecule has 0 unspecified atom stereocenters. The van der Waals surface area contributed by atoms with Gasteiger partial charge in [0, 0.05) is 44.4 Å². The fourth-order valence-corrected chi connectivity index (χ4v) is 2.22. The molecule has 0 bridgehead atoms. The van der Waals surface area contributed by atoms with Crippen molar-refractivity contribution in [2.24, 2.45) is 0 Å². The van der Waals surface area contributed by atoms with E-state index in [0.29, 0.717) is 37.3 Å². The molecule has 1 heterocycles. The van der Waals surface area contributed by atoms with E-state index in [1.54, 1.807) is 26.4 Å². The number of rotatable bonds is 8. The summed E-state index contributed by atoms with van der Waals surface area (Å²) in [5.41, 5.74) is -0.0430. The lowest BCUT2D eigenvalue weighted by molar-refractivity contribution is 0.0692. The number of fused-ring (bicyclic) bond motifs is 1. The predicted molar refractivity (Wildman–Crippen MR) is 85.4 cm³/mol. The summed E-state index contributed by atoms with van der Waals surface area (Å²) in [6.45, 7) is 2.40. The Labute approximate surface area is 133 Å². The SMILES string of the molecule is COCCN(CCOC)c1ccc2cc(C(=O)O)c(=O)oc2c1. The highest BCUT2D eigenvalue weighted by Crippen LogP contribution is 2.22. The van der Waals surface area contributed by atoms with Crippen LogP contribution in [0, 0.1) is 0 Å². The van der Waals surface area contributed by atoms with Crippen molar-refractivity contribution >= 4 is 22.6 Å². The highest BCUT2D eigenvalue weighted by Gasteiger charge is 2.13. The van der Waals surface area contributed by atoms with Gasteiger partial charge >= 0.3 is 11.6 Å².